The van der Waals surface area contributed by atoms with E-state index >= 15 is 0 Å². The highest BCUT2D eigenvalue weighted by molar-refractivity contribution is 7.11. The summed E-state index contributed by atoms with van der Waals surface area (Å²) in [5.74, 6) is -1.06. The molecule has 2 heterocycles. The molecule has 0 bridgehead atoms. The molecule has 1 N–H and O–H groups in total. The molecule has 0 fully saturated rings. The molecule has 0 unspecified atom stereocenters. The molecule has 7 heteroatoms. The topological polar surface area (TPSA) is 68.3 Å². The summed E-state index contributed by atoms with van der Waals surface area (Å²) in [6.07, 6.45) is 3.54. The lowest BCUT2D eigenvalue weighted by atomic mass is 10.3. The Bertz CT molecular complexity index is 742. The van der Waals surface area contributed by atoms with Gasteiger partial charge in [-0.1, -0.05) is 11.6 Å². The van der Waals surface area contributed by atoms with Gasteiger partial charge in [0.15, 0.2) is 11.3 Å². The minimum atomic E-state index is -0.951. The summed E-state index contributed by atoms with van der Waals surface area (Å²) < 4.78 is 5.07. The van der Waals surface area contributed by atoms with Crippen LogP contribution in [0.15, 0.2) is 35.9 Å². The van der Waals surface area contributed by atoms with E-state index in [-0.39, 0.29) is 5.15 Å². The number of hydrogen-bond donors (Lipinski definition) is 1. The van der Waals surface area contributed by atoms with Crippen LogP contribution >= 0.6 is 22.9 Å². The second-order valence-corrected chi connectivity index (χ2v) is 6.02. The van der Waals surface area contributed by atoms with Crippen molar-refractivity contribution in [3.8, 4) is 0 Å². The number of ether oxygens (including phenoxy) is 1. The Balaban J connectivity index is 1.90. The van der Waals surface area contributed by atoms with Crippen LogP contribution in [0, 0.1) is 6.92 Å². The van der Waals surface area contributed by atoms with Gasteiger partial charge in [0.2, 0.25) is 0 Å². The number of anilines is 1. The lowest BCUT2D eigenvalue weighted by molar-refractivity contribution is -0.148. The summed E-state index contributed by atoms with van der Waals surface area (Å²) in [7, 11) is 0. The fourth-order valence-corrected chi connectivity index (χ4v) is 2.67. The summed E-state index contributed by atoms with van der Waals surface area (Å²) in [5, 5.41) is 4.67. The highest BCUT2D eigenvalue weighted by atomic mass is 35.5. The second-order valence-electron chi connectivity index (χ2n) is 4.71. The number of pyridine rings is 1. The van der Waals surface area contributed by atoms with E-state index in [0.717, 1.165) is 10.4 Å². The number of thiophene rings is 1. The second kappa shape index (κ2) is 7.89. The third kappa shape index (κ3) is 4.91. The lowest BCUT2D eigenvalue weighted by Gasteiger charge is -2.12. The highest BCUT2D eigenvalue weighted by Gasteiger charge is 2.17. The van der Waals surface area contributed by atoms with E-state index in [0.29, 0.717) is 5.69 Å². The maximum Gasteiger partial charge on any atom is 0.331 e. The number of nitrogens with zero attached hydrogens (tertiary/aromatic N) is 1. The Labute approximate surface area is 143 Å². The van der Waals surface area contributed by atoms with E-state index < -0.39 is 18.0 Å². The standard InChI is InChI=1S/C16H15ClN2O3S/c1-10-7-9-23-13(10)5-6-14(20)22-11(2)16(21)19-12-4-3-8-18-15(12)17/h3-9,11H,1-2H3,(H,19,21)/b6-5+/t11-/m1/s1. The first kappa shape index (κ1) is 17.2. The average molecular weight is 351 g/mol. The molecule has 2 aromatic rings. The van der Waals surface area contributed by atoms with Crippen LogP contribution in [-0.2, 0) is 14.3 Å². The maximum atomic E-state index is 12.0. The van der Waals surface area contributed by atoms with Crippen LogP contribution in [0.2, 0.25) is 5.15 Å². The molecule has 0 spiro atoms. The zero-order chi connectivity index (χ0) is 16.8. The van der Waals surface area contributed by atoms with Crippen molar-refractivity contribution in [3.05, 3.63) is 51.4 Å². The number of nitrogens with one attached hydrogen (secondary N) is 1. The zero-order valence-electron chi connectivity index (χ0n) is 12.6. The van der Waals surface area contributed by atoms with Crippen molar-refractivity contribution in [1.29, 1.82) is 0 Å². The average Bonchev–Trinajstić information content (AvgIpc) is 2.92. The molecule has 2 rings (SSSR count). The monoisotopic (exact) mass is 350 g/mol. The van der Waals surface area contributed by atoms with Crippen LogP contribution in [0.4, 0.5) is 5.69 Å². The summed E-state index contributed by atoms with van der Waals surface area (Å²) in [4.78, 5) is 28.6. The van der Waals surface area contributed by atoms with E-state index in [2.05, 4.69) is 10.3 Å². The van der Waals surface area contributed by atoms with Crippen molar-refractivity contribution in [1.82, 2.24) is 4.98 Å². The largest absolute Gasteiger partial charge is 0.449 e. The van der Waals surface area contributed by atoms with E-state index in [1.54, 1.807) is 18.2 Å². The SMILES string of the molecule is Cc1ccsc1/C=C/C(=O)O[C@H](C)C(=O)Nc1cccnc1Cl. The molecule has 2 aromatic heterocycles. The first-order valence-corrected chi connectivity index (χ1v) is 8.07. The Morgan fingerprint density at radius 3 is 2.87 bits per heavy atom. The van der Waals surface area contributed by atoms with Gasteiger partial charge in [-0.15, -0.1) is 11.3 Å². The van der Waals surface area contributed by atoms with Gasteiger partial charge in [0.25, 0.3) is 5.91 Å². The van der Waals surface area contributed by atoms with Gasteiger partial charge in [-0.2, -0.15) is 0 Å². The smallest absolute Gasteiger partial charge is 0.331 e. The van der Waals surface area contributed by atoms with Gasteiger partial charge in [0.05, 0.1) is 5.69 Å². The normalized spacial score (nSPS) is 12.1. The summed E-state index contributed by atoms with van der Waals surface area (Å²) in [6, 6.07) is 5.22. The molecule has 120 valence electrons. The number of aryl methyl sites for hydroxylation is 1. The maximum absolute atomic E-state index is 12.0. The molecule has 0 aliphatic rings. The molecule has 0 aliphatic carbocycles. The van der Waals surface area contributed by atoms with Crippen LogP contribution in [0.1, 0.15) is 17.4 Å². The number of carbonyl (C=O) groups excluding carboxylic acids is 2. The molecule has 23 heavy (non-hydrogen) atoms. The predicted molar refractivity (Wildman–Crippen MR) is 91.5 cm³/mol. The number of rotatable bonds is 5. The third-order valence-electron chi connectivity index (χ3n) is 2.95. The number of esters is 1. The molecule has 0 aliphatic heterocycles. The summed E-state index contributed by atoms with van der Waals surface area (Å²) >= 11 is 7.38. The molecule has 0 saturated heterocycles. The minimum absolute atomic E-state index is 0.174. The van der Waals surface area contributed by atoms with E-state index in [1.165, 1.54) is 30.5 Å². The van der Waals surface area contributed by atoms with Crippen LogP contribution in [0.3, 0.4) is 0 Å². The Morgan fingerprint density at radius 2 is 2.22 bits per heavy atom. The van der Waals surface area contributed by atoms with E-state index in [1.807, 2.05) is 18.4 Å². The molecular formula is C16H15ClN2O3S. The van der Waals surface area contributed by atoms with Crippen LogP contribution in [0.5, 0.6) is 0 Å². The molecule has 0 aromatic carbocycles. The van der Waals surface area contributed by atoms with Gasteiger partial charge in [-0.05, 0) is 49.1 Å². The van der Waals surface area contributed by atoms with E-state index in [9.17, 15) is 9.59 Å². The van der Waals surface area contributed by atoms with Gasteiger partial charge >= 0.3 is 5.97 Å². The van der Waals surface area contributed by atoms with Crippen molar-refractivity contribution in [2.75, 3.05) is 5.32 Å². The fourth-order valence-electron chi connectivity index (χ4n) is 1.68. The van der Waals surface area contributed by atoms with Gasteiger partial charge in [0.1, 0.15) is 0 Å². The Hall–Kier alpha value is -2.18. The van der Waals surface area contributed by atoms with Crippen molar-refractivity contribution in [3.63, 3.8) is 0 Å². The number of carbonyl (C=O) groups is 2. The first-order chi connectivity index (χ1) is 11.0. The molecule has 1 amide bonds. The fraction of sp³-hybridized carbons (Fsp3) is 0.188. The minimum Gasteiger partial charge on any atom is -0.449 e. The van der Waals surface area contributed by atoms with Crippen LogP contribution in [0.25, 0.3) is 6.08 Å². The van der Waals surface area contributed by atoms with Crippen LogP contribution in [-0.4, -0.2) is 23.0 Å². The van der Waals surface area contributed by atoms with Gasteiger partial charge in [-0.25, -0.2) is 9.78 Å². The number of hydrogen-bond acceptors (Lipinski definition) is 5. The van der Waals surface area contributed by atoms with E-state index in [4.69, 9.17) is 16.3 Å². The van der Waals surface area contributed by atoms with Crippen molar-refractivity contribution >= 4 is 46.6 Å². The van der Waals surface area contributed by atoms with Gasteiger partial charge in [-0.3, -0.25) is 4.79 Å². The van der Waals surface area contributed by atoms with Crippen molar-refractivity contribution < 1.29 is 14.3 Å². The van der Waals surface area contributed by atoms with Crippen molar-refractivity contribution in [2.45, 2.75) is 20.0 Å². The first-order valence-electron chi connectivity index (χ1n) is 6.81. The Morgan fingerprint density at radius 1 is 1.43 bits per heavy atom. The lowest BCUT2D eigenvalue weighted by Crippen LogP contribution is -2.29. The molecule has 0 saturated carbocycles. The Kier molecular flexibility index (Phi) is 5.90. The molecular weight excluding hydrogens is 336 g/mol. The number of amides is 1. The zero-order valence-corrected chi connectivity index (χ0v) is 14.1. The van der Waals surface area contributed by atoms with Crippen LogP contribution < -0.4 is 5.32 Å². The summed E-state index contributed by atoms with van der Waals surface area (Å²) in [6.45, 7) is 3.44. The predicted octanol–water partition coefficient (Wildman–Crippen LogP) is 3.69. The van der Waals surface area contributed by atoms with Gasteiger partial charge < -0.3 is 10.1 Å². The third-order valence-corrected chi connectivity index (χ3v) is 4.24. The quantitative estimate of drug-likeness (QED) is 0.507. The highest BCUT2D eigenvalue weighted by Crippen LogP contribution is 2.18. The van der Waals surface area contributed by atoms with Crippen molar-refractivity contribution in [2.24, 2.45) is 0 Å². The number of aromatic nitrogens is 1. The van der Waals surface area contributed by atoms with Gasteiger partial charge in [0, 0.05) is 17.2 Å². The molecule has 1 atom stereocenters. The molecule has 0 radical (unpaired) electrons. The summed E-state index contributed by atoms with van der Waals surface area (Å²) in [5.41, 5.74) is 1.45. The molecule has 5 nitrogen and oxygen atoms in total. The number of halogens is 1.